The van der Waals surface area contributed by atoms with Crippen LogP contribution in [0, 0.1) is 0 Å². The largest absolute Gasteiger partial charge is 0.381 e. The Morgan fingerprint density at radius 3 is 2.57 bits per heavy atom. The van der Waals surface area contributed by atoms with Gasteiger partial charge in [0, 0.05) is 42.0 Å². The number of nitrogens with two attached hydrogens (primary N) is 1. The van der Waals surface area contributed by atoms with Crippen molar-refractivity contribution in [1.82, 2.24) is 0 Å². The van der Waals surface area contributed by atoms with Crippen molar-refractivity contribution in [1.29, 1.82) is 0 Å². The van der Waals surface area contributed by atoms with E-state index in [1.165, 1.54) is 4.88 Å². The molecular weight excluding hydrogens is 420 g/mol. The SMILES string of the molecule is C[N+]1(C2CCOCC2)CCc2c(sc(CC(=O)Cc3ccc(Cl)cc3)c2C(N)=O)C1. The van der Waals surface area contributed by atoms with E-state index in [1.54, 1.807) is 23.5 Å². The summed E-state index contributed by atoms with van der Waals surface area (Å²) in [5.41, 5.74) is 8.35. The minimum absolute atomic E-state index is 0.0834. The maximum absolute atomic E-state index is 12.7. The molecule has 0 aliphatic carbocycles. The van der Waals surface area contributed by atoms with Crippen LogP contribution < -0.4 is 5.73 Å². The number of amides is 1. The molecule has 30 heavy (non-hydrogen) atoms. The standard InChI is InChI=1S/C23H27ClN2O3S/c1-26(17-7-10-29-11-8-17)9-6-19-21(14-26)30-20(22(19)23(25)28)13-18(27)12-15-2-4-16(24)5-3-15/h2-5,17H,6-14H2,1H3,(H-,25,28)/p+1. The zero-order chi connectivity index (χ0) is 21.3. The predicted octanol–water partition coefficient (Wildman–Crippen LogP) is 3.54. The number of nitrogens with zero attached hydrogens (tertiary/aromatic N) is 1. The van der Waals surface area contributed by atoms with Crippen molar-refractivity contribution in [3.63, 3.8) is 0 Å². The number of ketones is 1. The van der Waals surface area contributed by atoms with Crippen LogP contribution in [0.1, 0.15) is 44.1 Å². The molecule has 0 radical (unpaired) electrons. The number of primary amides is 1. The molecule has 0 bridgehead atoms. The second-order valence-electron chi connectivity index (χ2n) is 8.64. The number of carbonyl (C=O) groups is 2. The average molecular weight is 448 g/mol. The van der Waals surface area contributed by atoms with E-state index in [1.807, 2.05) is 12.1 Å². The van der Waals surface area contributed by atoms with Crippen LogP contribution >= 0.6 is 22.9 Å². The molecule has 2 aliphatic rings. The Morgan fingerprint density at radius 2 is 1.90 bits per heavy atom. The van der Waals surface area contributed by atoms with Crippen molar-refractivity contribution in [2.24, 2.45) is 5.73 Å². The van der Waals surface area contributed by atoms with Gasteiger partial charge in [-0.15, -0.1) is 11.3 Å². The minimum Gasteiger partial charge on any atom is -0.381 e. The number of fused-ring (bicyclic) bond motifs is 1. The van der Waals surface area contributed by atoms with E-state index in [-0.39, 0.29) is 12.2 Å². The van der Waals surface area contributed by atoms with E-state index in [9.17, 15) is 9.59 Å². The van der Waals surface area contributed by atoms with Crippen LogP contribution in [0.25, 0.3) is 0 Å². The first-order valence-corrected chi connectivity index (χ1v) is 11.7. The summed E-state index contributed by atoms with van der Waals surface area (Å²) >= 11 is 7.54. The van der Waals surface area contributed by atoms with Gasteiger partial charge in [0.25, 0.3) is 0 Å². The van der Waals surface area contributed by atoms with Crippen LogP contribution in [0.5, 0.6) is 0 Å². The van der Waals surface area contributed by atoms with Crippen LogP contribution in [0.2, 0.25) is 5.02 Å². The summed E-state index contributed by atoms with van der Waals surface area (Å²) in [6, 6.07) is 7.90. The number of hydrogen-bond donors (Lipinski definition) is 1. The van der Waals surface area contributed by atoms with Crippen molar-refractivity contribution in [3.8, 4) is 0 Å². The first-order valence-electron chi connectivity index (χ1n) is 10.5. The Kier molecular flexibility index (Phi) is 6.30. The van der Waals surface area contributed by atoms with Gasteiger partial charge in [-0.25, -0.2) is 0 Å². The van der Waals surface area contributed by atoms with Gasteiger partial charge in [-0.2, -0.15) is 0 Å². The number of Topliss-reactive ketones (excluding diaryl/α,β-unsaturated/α-hetero) is 1. The van der Waals surface area contributed by atoms with Gasteiger partial charge in [-0.05, 0) is 23.3 Å². The smallest absolute Gasteiger partial charge is 0.250 e. The van der Waals surface area contributed by atoms with E-state index < -0.39 is 5.91 Å². The lowest BCUT2D eigenvalue weighted by Crippen LogP contribution is -2.56. The lowest BCUT2D eigenvalue weighted by atomic mass is 9.94. The maximum Gasteiger partial charge on any atom is 0.250 e. The number of carbonyl (C=O) groups excluding carboxylic acids is 2. The molecule has 1 unspecified atom stereocenters. The molecule has 2 aromatic rings. The highest BCUT2D eigenvalue weighted by molar-refractivity contribution is 7.12. The molecule has 5 nitrogen and oxygen atoms in total. The highest BCUT2D eigenvalue weighted by atomic mass is 35.5. The molecule has 2 aliphatic heterocycles. The van der Waals surface area contributed by atoms with E-state index in [4.69, 9.17) is 22.1 Å². The lowest BCUT2D eigenvalue weighted by molar-refractivity contribution is -0.949. The molecule has 1 aromatic heterocycles. The highest BCUT2D eigenvalue weighted by Gasteiger charge is 2.40. The molecule has 1 aromatic carbocycles. The Balaban J connectivity index is 1.54. The molecule has 1 fully saturated rings. The van der Waals surface area contributed by atoms with Crippen LogP contribution in [0.3, 0.4) is 0 Å². The van der Waals surface area contributed by atoms with Crippen molar-refractivity contribution in [3.05, 3.63) is 55.7 Å². The summed E-state index contributed by atoms with van der Waals surface area (Å²) in [7, 11) is 2.31. The quantitative estimate of drug-likeness (QED) is 0.688. The number of rotatable bonds is 6. The third-order valence-electron chi connectivity index (χ3n) is 6.53. The van der Waals surface area contributed by atoms with E-state index in [0.29, 0.717) is 23.0 Å². The normalized spacial score (nSPS) is 21.9. The van der Waals surface area contributed by atoms with Gasteiger partial charge < -0.3 is 15.0 Å². The molecule has 0 spiro atoms. The molecule has 2 N–H and O–H groups in total. The van der Waals surface area contributed by atoms with Gasteiger partial charge in [0.15, 0.2) is 0 Å². The first-order chi connectivity index (χ1) is 14.4. The third-order valence-corrected chi connectivity index (χ3v) is 8.00. The Bertz CT molecular complexity index is 950. The minimum atomic E-state index is -0.413. The Labute approximate surface area is 186 Å². The maximum atomic E-state index is 12.7. The van der Waals surface area contributed by atoms with Crippen LogP contribution in [0.4, 0.5) is 0 Å². The monoisotopic (exact) mass is 447 g/mol. The molecule has 160 valence electrons. The van der Waals surface area contributed by atoms with Crippen LogP contribution in [0.15, 0.2) is 24.3 Å². The fraction of sp³-hybridized carbons (Fsp3) is 0.478. The van der Waals surface area contributed by atoms with Crippen LogP contribution in [-0.2, 0) is 35.3 Å². The fourth-order valence-corrected chi connectivity index (χ4v) is 6.51. The first kappa shape index (κ1) is 21.5. The molecule has 7 heteroatoms. The fourth-order valence-electron chi connectivity index (χ4n) is 4.84. The average Bonchev–Trinajstić information content (AvgIpc) is 3.07. The van der Waals surface area contributed by atoms with E-state index in [2.05, 4.69) is 7.05 Å². The summed E-state index contributed by atoms with van der Waals surface area (Å²) in [4.78, 5) is 27.1. The van der Waals surface area contributed by atoms with Gasteiger partial charge in [-0.1, -0.05) is 23.7 Å². The number of hydrogen-bond acceptors (Lipinski definition) is 4. The number of benzene rings is 1. The van der Waals surface area contributed by atoms with Crippen molar-refractivity contribution >= 4 is 34.6 Å². The van der Waals surface area contributed by atoms with Crippen molar-refractivity contribution in [2.45, 2.75) is 44.7 Å². The summed E-state index contributed by atoms with van der Waals surface area (Å²) in [6.07, 6.45) is 3.56. The molecule has 1 amide bonds. The van der Waals surface area contributed by atoms with E-state index >= 15 is 0 Å². The lowest BCUT2D eigenvalue weighted by Gasteiger charge is -2.45. The Morgan fingerprint density at radius 1 is 1.20 bits per heavy atom. The highest BCUT2D eigenvalue weighted by Crippen LogP contribution is 2.38. The third kappa shape index (κ3) is 4.47. The Hall–Kier alpha value is -1.73. The number of halogens is 1. The van der Waals surface area contributed by atoms with Crippen molar-refractivity contribution in [2.75, 3.05) is 26.8 Å². The number of likely N-dealkylation sites (N-methyl/N-ethyl adjacent to an activating group) is 1. The number of ether oxygens (including phenoxy) is 1. The molecule has 0 saturated carbocycles. The van der Waals surface area contributed by atoms with Gasteiger partial charge in [0.2, 0.25) is 5.91 Å². The number of thiophene rings is 1. The molecule has 1 saturated heterocycles. The van der Waals surface area contributed by atoms with Gasteiger partial charge in [0.1, 0.15) is 12.3 Å². The second kappa shape index (κ2) is 8.79. The molecule has 3 heterocycles. The van der Waals surface area contributed by atoms with Gasteiger partial charge in [-0.3, -0.25) is 9.59 Å². The van der Waals surface area contributed by atoms with Crippen molar-refractivity contribution < 1.29 is 18.8 Å². The second-order valence-corrected chi connectivity index (χ2v) is 10.3. The number of quaternary nitrogens is 1. The zero-order valence-corrected chi connectivity index (χ0v) is 18.9. The molecule has 1 atom stereocenters. The summed E-state index contributed by atoms with van der Waals surface area (Å²) in [5, 5.41) is 0.652. The van der Waals surface area contributed by atoms with Gasteiger partial charge >= 0.3 is 0 Å². The molecule has 4 rings (SSSR count). The van der Waals surface area contributed by atoms with Crippen LogP contribution in [-0.4, -0.2) is 49.0 Å². The summed E-state index contributed by atoms with van der Waals surface area (Å²) in [5.74, 6) is -0.330. The topological polar surface area (TPSA) is 69.4 Å². The van der Waals surface area contributed by atoms with Gasteiger partial charge in [0.05, 0.1) is 43.3 Å². The predicted molar refractivity (Wildman–Crippen MR) is 119 cm³/mol. The molecular formula is C23H28ClN2O3S+. The zero-order valence-electron chi connectivity index (χ0n) is 17.3. The van der Waals surface area contributed by atoms with E-state index in [0.717, 1.165) is 66.1 Å². The summed E-state index contributed by atoms with van der Waals surface area (Å²) in [6.45, 7) is 3.54. The summed E-state index contributed by atoms with van der Waals surface area (Å²) < 4.78 is 6.52.